The van der Waals surface area contributed by atoms with Crippen LogP contribution in [0.4, 0.5) is 8.78 Å². The molecule has 5 rings (SSSR count). The zero-order chi connectivity index (χ0) is 25.2. The molecule has 2 aromatic carbocycles. The zero-order valence-electron chi connectivity index (χ0n) is 19.6. The van der Waals surface area contributed by atoms with Crippen LogP contribution in [-0.4, -0.2) is 29.2 Å². The monoisotopic (exact) mass is 506 g/mol. The van der Waals surface area contributed by atoms with E-state index in [1.165, 1.54) is 40.6 Å². The molecule has 1 amide bonds. The number of carbonyl (C=O) groups is 2. The highest BCUT2D eigenvalue weighted by Crippen LogP contribution is 2.44. The Labute approximate surface area is 211 Å². The minimum Gasteiger partial charge on any atom is -0.451 e. The van der Waals surface area contributed by atoms with Gasteiger partial charge in [0.15, 0.2) is 6.61 Å². The molecule has 8 heteroatoms. The van der Waals surface area contributed by atoms with Gasteiger partial charge in [0, 0.05) is 10.8 Å². The summed E-state index contributed by atoms with van der Waals surface area (Å²) in [6.07, 6.45) is 4.44. The zero-order valence-corrected chi connectivity index (χ0v) is 20.4. The van der Waals surface area contributed by atoms with Crippen molar-refractivity contribution in [2.45, 2.75) is 32.2 Å². The number of carbonyl (C=O) groups excluding carboxylic acids is 2. The van der Waals surface area contributed by atoms with Crippen molar-refractivity contribution in [1.29, 1.82) is 0 Å². The SMILES string of the molecule is Cc1ccc(C(=O)OCC(=O)N2N=C3C(=Cc4ccc(F)cc4)CCCC3C2c2ccc(F)cc2)s1. The molecule has 0 N–H and O–H groups in total. The molecule has 0 spiro atoms. The molecule has 2 unspecified atom stereocenters. The van der Waals surface area contributed by atoms with Crippen molar-refractivity contribution < 1.29 is 23.1 Å². The first-order valence-corrected chi connectivity index (χ1v) is 12.6. The molecule has 0 bridgehead atoms. The Morgan fingerprint density at radius 3 is 2.42 bits per heavy atom. The number of nitrogens with zero attached hydrogens (tertiary/aromatic N) is 2. The van der Waals surface area contributed by atoms with Gasteiger partial charge in [-0.1, -0.05) is 24.3 Å². The molecule has 0 radical (unpaired) electrons. The highest BCUT2D eigenvalue weighted by atomic mass is 32.1. The van der Waals surface area contributed by atoms with E-state index >= 15 is 0 Å². The van der Waals surface area contributed by atoms with E-state index in [-0.39, 0.29) is 17.6 Å². The van der Waals surface area contributed by atoms with Crippen molar-refractivity contribution >= 4 is 35.0 Å². The summed E-state index contributed by atoms with van der Waals surface area (Å²) in [6, 6.07) is 15.3. The van der Waals surface area contributed by atoms with Crippen LogP contribution in [0, 0.1) is 24.5 Å². The molecular formula is C28H24F2N2O3S. The lowest BCUT2D eigenvalue weighted by atomic mass is 9.77. The molecule has 184 valence electrons. The van der Waals surface area contributed by atoms with Crippen LogP contribution in [0.5, 0.6) is 0 Å². The summed E-state index contributed by atoms with van der Waals surface area (Å²) in [5.74, 6) is -1.76. The highest BCUT2D eigenvalue weighted by molar-refractivity contribution is 7.13. The molecule has 0 saturated heterocycles. The number of hydrazone groups is 1. The van der Waals surface area contributed by atoms with Crippen LogP contribution in [0.15, 0.2) is 71.3 Å². The Bertz CT molecular complexity index is 1350. The molecule has 2 heterocycles. The number of esters is 1. The summed E-state index contributed by atoms with van der Waals surface area (Å²) in [6.45, 7) is 1.44. The van der Waals surface area contributed by atoms with Crippen LogP contribution in [0.1, 0.15) is 51.0 Å². The Hall–Kier alpha value is -3.65. The Morgan fingerprint density at radius 2 is 1.75 bits per heavy atom. The van der Waals surface area contributed by atoms with Gasteiger partial charge in [-0.25, -0.2) is 18.6 Å². The summed E-state index contributed by atoms with van der Waals surface area (Å²) in [7, 11) is 0. The smallest absolute Gasteiger partial charge is 0.348 e. The molecule has 1 fully saturated rings. The molecule has 2 atom stereocenters. The summed E-state index contributed by atoms with van der Waals surface area (Å²) >= 11 is 1.30. The number of thiophene rings is 1. The Morgan fingerprint density at radius 1 is 1.06 bits per heavy atom. The fourth-order valence-electron chi connectivity index (χ4n) is 4.77. The van der Waals surface area contributed by atoms with Gasteiger partial charge >= 0.3 is 5.97 Å². The maximum absolute atomic E-state index is 13.7. The lowest BCUT2D eigenvalue weighted by Crippen LogP contribution is -2.34. The number of halogens is 2. The lowest BCUT2D eigenvalue weighted by molar-refractivity contribution is -0.137. The molecule has 1 saturated carbocycles. The van der Waals surface area contributed by atoms with Gasteiger partial charge < -0.3 is 4.74 Å². The van der Waals surface area contributed by atoms with Crippen molar-refractivity contribution in [3.8, 4) is 0 Å². The summed E-state index contributed by atoms with van der Waals surface area (Å²) < 4.78 is 32.3. The van der Waals surface area contributed by atoms with Crippen LogP contribution in [0.3, 0.4) is 0 Å². The largest absolute Gasteiger partial charge is 0.451 e. The average molecular weight is 507 g/mol. The highest BCUT2D eigenvalue weighted by Gasteiger charge is 2.43. The molecule has 36 heavy (non-hydrogen) atoms. The number of allylic oxidation sites excluding steroid dienone is 1. The Balaban J connectivity index is 1.44. The first kappa shape index (κ1) is 24.1. The second-order valence-electron chi connectivity index (χ2n) is 8.93. The van der Waals surface area contributed by atoms with E-state index in [2.05, 4.69) is 0 Å². The van der Waals surface area contributed by atoms with Gasteiger partial charge in [0.05, 0.1) is 11.8 Å². The fraction of sp³-hybridized carbons (Fsp3) is 0.250. The summed E-state index contributed by atoms with van der Waals surface area (Å²) in [5, 5.41) is 6.09. The second kappa shape index (κ2) is 10.1. The molecule has 2 aliphatic rings. The minimum absolute atomic E-state index is 0.0875. The molecular weight excluding hydrogens is 482 g/mol. The van der Waals surface area contributed by atoms with Gasteiger partial charge in [-0.2, -0.15) is 5.10 Å². The van der Waals surface area contributed by atoms with Crippen LogP contribution in [0.25, 0.3) is 6.08 Å². The quantitative estimate of drug-likeness (QED) is 0.381. The van der Waals surface area contributed by atoms with E-state index in [0.29, 0.717) is 4.88 Å². The van der Waals surface area contributed by atoms with Crippen molar-refractivity contribution in [1.82, 2.24) is 5.01 Å². The average Bonchev–Trinajstić information content (AvgIpc) is 3.49. The molecule has 1 aromatic heterocycles. The van der Waals surface area contributed by atoms with Gasteiger partial charge in [0.1, 0.15) is 16.5 Å². The molecule has 1 aliphatic heterocycles. The van der Waals surface area contributed by atoms with Crippen LogP contribution in [0.2, 0.25) is 0 Å². The maximum atomic E-state index is 13.7. The number of rotatable bonds is 5. The van der Waals surface area contributed by atoms with E-state index in [4.69, 9.17) is 9.84 Å². The number of fused-ring (bicyclic) bond motifs is 1. The van der Waals surface area contributed by atoms with E-state index in [1.54, 1.807) is 30.3 Å². The van der Waals surface area contributed by atoms with E-state index in [1.807, 2.05) is 19.1 Å². The molecule has 3 aromatic rings. The maximum Gasteiger partial charge on any atom is 0.348 e. The van der Waals surface area contributed by atoms with Gasteiger partial charge in [0.2, 0.25) is 0 Å². The first-order valence-electron chi connectivity index (χ1n) is 11.7. The predicted octanol–water partition coefficient (Wildman–Crippen LogP) is 6.31. The van der Waals surface area contributed by atoms with E-state index in [9.17, 15) is 18.4 Å². The first-order chi connectivity index (χ1) is 17.4. The van der Waals surface area contributed by atoms with E-state index < -0.39 is 24.5 Å². The van der Waals surface area contributed by atoms with Crippen LogP contribution < -0.4 is 0 Å². The van der Waals surface area contributed by atoms with Gasteiger partial charge in [-0.15, -0.1) is 11.3 Å². The van der Waals surface area contributed by atoms with Crippen LogP contribution in [-0.2, 0) is 9.53 Å². The summed E-state index contributed by atoms with van der Waals surface area (Å²) in [5.41, 5.74) is 3.37. The van der Waals surface area contributed by atoms with Gasteiger partial charge in [0.25, 0.3) is 5.91 Å². The van der Waals surface area contributed by atoms with Crippen molar-refractivity contribution in [3.05, 3.63) is 98.8 Å². The van der Waals surface area contributed by atoms with E-state index in [0.717, 1.165) is 46.6 Å². The second-order valence-corrected chi connectivity index (χ2v) is 10.2. The van der Waals surface area contributed by atoms with Crippen LogP contribution >= 0.6 is 11.3 Å². The third-order valence-electron chi connectivity index (χ3n) is 6.45. The number of aryl methyl sites for hydroxylation is 1. The fourth-order valence-corrected chi connectivity index (χ4v) is 5.53. The Kier molecular flexibility index (Phi) is 6.78. The topological polar surface area (TPSA) is 59.0 Å². The molecule has 1 aliphatic carbocycles. The van der Waals surface area contributed by atoms with Crippen molar-refractivity contribution in [3.63, 3.8) is 0 Å². The third-order valence-corrected chi connectivity index (χ3v) is 7.43. The van der Waals surface area contributed by atoms with Gasteiger partial charge in [-0.05, 0) is 85.4 Å². The number of hydrogen-bond acceptors (Lipinski definition) is 5. The number of benzene rings is 2. The minimum atomic E-state index is -0.555. The number of amides is 1. The predicted molar refractivity (Wildman–Crippen MR) is 134 cm³/mol. The number of hydrogen-bond donors (Lipinski definition) is 0. The molecule has 5 nitrogen and oxygen atoms in total. The van der Waals surface area contributed by atoms with Crippen molar-refractivity contribution in [2.75, 3.05) is 6.61 Å². The summed E-state index contributed by atoms with van der Waals surface area (Å²) in [4.78, 5) is 27.1. The third kappa shape index (κ3) is 4.99. The van der Waals surface area contributed by atoms with Gasteiger partial charge in [-0.3, -0.25) is 4.79 Å². The van der Waals surface area contributed by atoms with Crippen molar-refractivity contribution in [2.24, 2.45) is 11.0 Å². The normalized spacial score (nSPS) is 20.2. The standard InChI is InChI=1S/C28H24F2N2O3S/c1-17-5-14-24(36-17)28(34)35-16-25(33)32-27(19-8-12-22(30)13-9-19)23-4-2-3-20(26(23)31-32)15-18-6-10-21(29)11-7-18/h5-15,23,27H,2-4,16H2,1H3. The lowest BCUT2D eigenvalue weighted by Gasteiger charge is -2.29. The number of ether oxygens (including phenoxy) is 1.